The van der Waals surface area contributed by atoms with E-state index in [1.807, 2.05) is 247 Å². The summed E-state index contributed by atoms with van der Waals surface area (Å²) >= 11 is 5.58. The lowest BCUT2D eigenvalue weighted by atomic mass is 10.0. The van der Waals surface area contributed by atoms with Crippen molar-refractivity contribution in [3.05, 3.63) is 492 Å². The Bertz CT molecular complexity index is 10300. The predicted octanol–water partition coefficient (Wildman–Crippen LogP) is 34.2. The van der Waals surface area contributed by atoms with Gasteiger partial charge >= 0.3 is 0 Å². The van der Waals surface area contributed by atoms with Gasteiger partial charge in [-0.25, -0.2) is 59.8 Å². The van der Waals surface area contributed by atoms with Crippen molar-refractivity contribution in [2.45, 2.75) is 0 Å². The Hall–Kier alpha value is -19.5. The molecule has 0 aliphatic rings. The third-order valence-corrected chi connectivity index (χ3v) is 31.6. The SMILES string of the molecule is c1ccc(-c2nc(-c3ccccc3)nc(-c3ccc(-n4c5ccccc5c5cc(-c6cccc7c6sc6ccccc67)ccc54)nc3)n2)cc1.c1ccc(-c2nc(-c3ccccc3)nc(-c3cccnc3-n3c4ccccc4c4cc(-c5cccc6c5sc5ccccc56)ccc43)n2)cc1.c1ccc(-c2nc(-c3ccccc3)nc(-c3ccnc(-n4c5ccccc5c5cc(-c6cccc7c6sc6ccccc67)ccc54)c3)n2)cc1. The topological polar surface area (TPSA) is 169 Å². The summed E-state index contributed by atoms with van der Waals surface area (Å²) in [4.78, 5) is 59.4. The molecule has 0 saturated heterocycles. The Morgan fingerprint density at radius 3 is 0.807 bits per heavy atom. The maximum atomic E-state index is 5.06. The van der Waals surface area contributed by atoms with Gasteiger partial charge in [0, 0.05) is 156 Å². The number of pyridine rings is 3. The van der Waals surface area contributed by atoms with E-state index in [2.05, 4.69) is 293 Å². The zero-order chi connectivity index (χ0) is 99.1. The first-order valence-electron chi connectivity index (χ1n) is 49.7. The molecule has 0 spiro atoms. The van der Waals surface area contributed by atoms with E-state index in [4.69, 9.17) is 59.8 Å². The molecule has 0 saturated carbocycles. The first kappa shape index (κ1) is 88.2. The Balaban J connectivity index is 0.000000108. The second-order valence-corrected chi connectivity index (χ2v) is 40.0. The molecule has 30 rings (SSSR count). The van der Waals surface area contributed by atoms with Crippen LogP contribution in [0.2, 0.25) is 0 Å². The van der Waals surface area contributed by atoms with Crippen LogP contribution in [0.4, 0.5) is 0 Å². The number of fused-ring (bicyclic) bond motifs is 18. The fourth-order valence-corrected chi connectivity index (χ4v) is 24.7. The van der Waals surface area contributed by atoms with E-state index in [-0.39, 0.29) is 0 Å². The van der Waals surface area contributed by atoms with Crippen molar-refractivity contribution in [1.29, 1.82) is 0 Å². The molecule has 30 aromatic rings. The van der Waals surface area contributed by atoms with E-state index in [0.717, 1.165) is 106 Å². The molecule has 702 valence electrons. The van der Waals surface area contributed by atoms with E-state index in [1.165, 1.54) is 121 Å². The third-order valence-electron chi connectivity index (χ3n) is 28.0. The molecule has 0 N–H and O–H groups in total. The van der Waals surface area contributed by atoms with Gasteiger partial charge in [0.25, 0.3) is 0 Å². The van der Waals surface area contributed by atoms with Crippen LogP contribution in [-0.4, -0.2) is 73.5 Å². The minimum atomic E-state index is 0.569. The summed E-state index contributed by atoms with van der Waals surface area (Å²) < 4.78 is 14.6. The first-order chi connectivity index (χ1) is 74.4. The van der Waals surface area contributed by atoms with Crippen LogP contribution in [0, 0.1) is 0 Å². The Morgan fingerprint density at radius 2 is 0.440 bits per heavy atom. The number of para-hydroxylation sites is 3. The van der Waals surface area contributed by atoms with Gasteiger partial charge in [-0.15, -0.1) is 34.0 Å². The molecule has 0 aliphatic heterocycles. The van der Waals surface area contributed by atoms with E-state index in [9.17, 15) is 0 Å². The molecule has 0 atom stereocenters. The number of rotatable bonds is 15. The van der Waals surface area contributed by atoms with Crippen LogP contribution in [0.15, 0.2) is 492 Å². The summed E-state index contributed by atoms with van der Waals surface area (Å²) in [5, 5.41) is 14.9. The molecule has 0 bridgehead atoms. The van der Waals surface area contributed by atoms with Gasteiger partial charge in [0.2, 0.25) is 0 Å². The number of nitrogens with zero attached hydrogens (tertiary/aromatic N) is 15. The van der Waals surface area contributed by atoms with Crippen LogP contribution in [0.5, 0.6) is 0 Å². The van der Waals surface area contributed by atoms with Crippen molar-refractivity contribution in [3.63, 3.8) is 0 Å². The van der Waals surface area contributed by atoms with Gasteiger partial charge in [0.15, 0.2) is 52.4 Å². The highest BCUT2D eigenvalue weighted by Gasteiger charge is 2.27. The fourth-order valence-electron chi connectivity index (χ4n) is 21.0. The minimum Gasteiger partial charge on any atom is -0.294 e. The Morgan fingerprint density at radius 1 is 0.153 bits per heavy atom. The summed E-state index contributed by atoms with van der Waals surface area (Å²) in [6, 6.07) is 165. The highest BCUT2D eigenvalue weighted by molar-refractivity contribution is 7.27. The standard InChI is InChI=1S/3C44H27N5S/c1-3-13-28(14-4-1)41-46-42(29-15-5-2-6-16-29)48-43(47-41)35-21-12-26-45-44(35)49-37-22-9-7-17-32(37)36-27-30(24-25-38(36)49)31-19-11-20-34-33-18-8-10-23-39(33)50-40(31)34;1-3-12-28(13-4-1)42-46-43(29-14-5-2-6-15-29)48-44(47-42)31-23-25-40(45-27-31)49-37-20-9-7-16-33(37)36-26-30(22-24-38(36)49)32-18-11-19-35-34-17-8-10-21-39(34)50-41(32)35;1-3-12-28(13-4-1)42-46-43(29-14-5-2-6-15-29)48-44(47-42)31-24-25-45-40(27-31)49-37-20-9-7-16-33(37)36-26-30(22-23-38(36)49)32-18-11-19-35-34-17-8-10-21-39(34)50-41(32)35/h3*1-27H. The van der Waals surface area contributed by atoms with E-state index in [0.29, 0.717) is 52.4 Å². The molecule has 0 amide bonds. The van der Waals surface area contributed by atoms with Crippen molar-refractivity contribution in [2.24, 2.45) is 0 Å². The first-order valence-corrected chi connectivity index (χ1v) is 52.1. The molecule has 18 aromatic carbocycles. The van der Waals surface area contributed by atoms with E-state index < -0.39 is 0 Å². The molecule has 0 aliphatic carbocycles. The summed E-state index contributed by atoms with van der Waals surface area (Å²) in [5.74, 6) is 7.90. The second-order valence-electron chi connectivity index (χ2n) is 36.9. The van der Waals surface area contributed by atoms with Crippen LogP contribution >= 0.6 is 34.0 Å². The van der Waals surface area contributed by atoms with Gasteiger partial charge in [0.05, 0.1) is 38.7 Å². The molecular formula is C132H81N15S3. The average Bonchev–Trinajstić information content (AvgIpc) is 1.59. The van der Waals surface area contributed by atoms with Crippen LogP contribution in [0.25, 0.3) is 279 Å². The van der Waals surface area contributed by atoms with Gasteiger partial charge in [-0.2, -0.15) is 0 Å². The van der Waals surface area contributed by atoms with Crippen LogP contribution in [0.3, 0.4) is 0 Å². The minimum absolute atomic E-state index is 0.569. The fraction of sp³-hybridized carbons (Fsp3) is 0. The monoisotopic (exact) mass is 1970 g/mol. The smallest absolute Gasteiger partial charge is 0.167 e. The van der Waals surface area contributed by atoms with Gasteiger partial charge in [-0.1, -0.05) is 364 Å². The van der Waals surface area contributed by atoms with Crippen LogP contribution in [-0.2, 0) is 0 Å². The molecule has 0 unspecified atom stereocenters. The molecule has 0 fully saturated rings. The highest BCUT2D eigenvalue weighted by Crippen LogP contribution is 2.48. The molecular weight excluding hydrogens is 1890 g/mol. The number of benzene rings is 18. The molecule has 18 heteroatoms. The zero-order valence-electron chi connectivity index (χ0n) is 80.2. The highest BCUT2D eigenvalue weighted by atomic mass is 32.1. The number of aromatic nitrogens is 15. The van der Waals surface area contributed by atoms with Crippen molar-refractivity contribution >= 4 is 160 Å². The van der Waals surface area contributed by atoms with Crippen molar-refractivity contribution in [3.8, 4) is 153 Å². The van der Waals surface area contributed by atoms with Gasteiger partial charge in [-0.3, -0.25) is 13.7 Å². The van der Waals surface area contributed by atoms with Crippen molar-refractivity contribution in [2.75, 3.05) is 0 Å². The predicted molar refractivity (Wildman–Crippen MR) is 620 cm³/mol. The van der Waals surface area contributed by atoms with Crippen molar-refractivity contribution < 1.29 is 0 Å². The van der Waals surface area contributed by atoms with Gasteiger partial charge in [-0.05, 0) is 143 Å². The summed E-state index contributed by atoms with van der Waals surface area (Å²) in [7, 11) is 0. The maximum Gasteiger partial charge on any atom is 0.167 e. The van der Waals surface area contributed by atoms with Crippen LogP contribution in [0.1, 0.15) is 0 Å². The lowest BCUT2D eigenvalue weighted by molar-refractivity contribution is 1.04. The number of thiophene rings is 3. The van der Waals surface area contributed by atoms with E-state index >= 15 is 0 Å². The Kier molecular flexibility index (Phi) is 22.1. The second kappa shape index (κ2) is 37.6. The molecule has 150 heavy (non-hydrogen) atoms. The van der Waals surface area contributed by atoms with Gasteiger partial charge in [0.1, 0.15) is 17.5 Å². The Labute approximate surface area is 871 Å². The normalized spacial score (nSPS) is 11.6. The molecule has 0 radical (unpaired) electrons. The number of hydrogen-bond donors (Lipinski definition) is 0. The van der Waals surface area contributed by atoms with Gasteiger partial charge < -0.3 is 0 Å². The summed E-state index contributed by atoms with van der Waals surface area (Å²) in [6.07, 6.45) is 5.55. The van der Waals surface area contributed by atoms with Crippen molar-refractivity contribution in [1.82, 2.24) is 73.5 Å². The zero-order valence-corrected chi connectivity index (χ0v) is 82.6. The molecule has 15 nitrogen and oxygen atoms in total. The lowest BCUT2D eigenvalue weighted by Crippen LogP contribution is -2.05. The number of hydrogen-bond acceptors (Lipinski definition) is 15. The summed E-state index contributed by atoms with van der Waals surface area (Å²) in [5.41, 5.74) is 22.0. The molecule has 12 heterocycles. The van der Waals surface area contributed by atoms with Crippen LogP contribution < -0.4 is 0 Å². The molecule has 12 aromatic heterocycles. The van der Waals surface area contributed by atoms with E-state index in [1.54, 1.807) is 0 Å². The quantitative estimate of drug-likeness (QED) is 0.0953. The largest absolute Gasteiger partial charge is 0.294 e. The average molecular weight is 1970 g/mol. The maximum absolute atomic E-state index is 5.06. The summed E-state index contributed by atoms with van der Waals surface area (Å²) in [6.45, 7) is 0. The third kappa shape index (κ3) is 15.9. The lowest BCUT2D eigenvalue weighted by Gasteiger charge is -2.13.